The Morgan fingerprint density at radius 1 is 1.42 bits per heavy atom. The van der Waals surface area contributed by atoms with Gasteiger partial charge in [0.1, 0.15) is 0 Å². The molecule has 0 aromatic carbocycles. The monoisotopic (exact) mass is 263 g/mol. The molecule has 0 saturated heterocycles. The molecule has 2 rings (SSSR count). The fraction of sp³-hybridized carbons (Fsp3) is 0.812. The van der Waals surface area contributed by atoms with E-state index in [2.05, 4.69) is 43.5 Å². The van der Waals surface area contributed by atoms with Crippen LogP contribution in [0.15, 0.2) is 6.07 Å². The van der Waals surface area contributed by atoms with E-state index in [-0.39, 0.29) is 0 Å². The molecule has 0 aliphatic heterocycles. The van der Waals surface area contributed by atoms with E-state index in [0.29, 0.717) is 12.0 Å². The molecule has 1 heterocycles. The number of hydrogen-bond acceptors (Lipinski definition) is 2. The second kappa shape index (κ2) is 6.08. The third-order valence-electron chi connectivity index (χ3n) is 4.78. The van der Waals surface area contributed by atoms with Crippen molar-refractivity contribution in [3.05, 3.63) is 17.5 Å². The lowest BCUT2D eigenvalue weighted by Gasteiger charge is -2.36. The van der Waals surface area contributed by atoms with Crippen molar-refractivity contribution in [1.29, 1.82) is 0 Å². The van der Waals surface area contributed by atoms with Crippen LogP contribution in [0.5, 0.6) is 0 Å². The Bertz CT molecular complexity index is 408. The highest BCUT2D eigenvalue weighted by Gasteiger charge is 2.30. The quantitative estimate of drug-likeness (QED) is 0.907. The van der Waals surface area contributed by atoms with Gasteiger partial charge in [-0.2, -0.15) is 5.10 Å². The first-order valence-electron chi connectivity index (χ1n) is 7.80. The first kappa shape index (κ1) is 14.6. The summed E-state index contributed by atoms with van der Waals surface area (Å²) in [6.45, 7) is 9.89. The maximum atomic E-state index is 6.36. The predicted octanol–water partition coefficient (Wildman–Crippen LogP) is 3.15. The molecule has 1 fully saturated rings. The molecule has 1 aliphatic rings. The van der Waals surface area contributed by atoms with E-state index >= 15 is 0 Å². The largest absolute Gasteiger partial charge is 0.327 e. The number of rotatable bonds is 4. The third kappa shape index (κ3) is 3.38. The van der Waals surface area contributed by atoms with Crippen LogP contribution in [0.4, 0.5) is 0 Å². The first-order chi connectivity index (χ1) is 9.01. The molecule has 1 aromatic rings. The van der Waals surface area contributed by atoms with Gasteiger partial charge < -0.3 is 5.73 Å². The number of nitrogens with two attached hydrogens (primary N) is 1. The fourth-order valence-electron chi connectivity index (χ4n) is 3.47. The summed E-state index contributed by atoms with van der Waals surface area (Å²) in [5.41, 5.74) is 8.85. The van der Waals surface area contributed by atoms with Crippen LogP contribution in [-0.4, -0.2) is 15.8 Å². The van der Waals surface area contributed by atoms with Crippen LogP contribution in [0.2, 0.25) is 0 Å². The normalized spacial score (nSPS) is 28.0. The van der Waals surface area contributed by atoms with Gasteiger partial charge in [-0.15, -0.1) is 0 Å². The maximum Gasteiger partial charge on any atom is 0.0596 e. The standard InChI is InChI=1S/C16H29N3/c1-5-19-15(8-12(4)18-19)10-14-9-13(11(2)3)6-7-16(14)17/h8,11,13-14,16H,5-7,9-10,17H2,1-4H3. The minimum Gasteiger partial charge on any atom is -0.327 e. The van der Waals surface area contributed by atoms with Crippen molar-refractivity contribution in [1.82, 2.24) is 9.78 Å². The van der Waals surface area contributed by atoms with Gasteiger partial charge in [-0.05, 0) is 63.4 Å². The summed E-state index contributed by atoms with van der Waals surface area (Å²) < 4.78 is 2.14. The van der Waals surface area contributed by atoms with E-state index in [1.165, 1.54) is 25.0 Å². The van der Waals surface area contributed by atoms with Crippen molar-refractivity contribution in [2.45, 2.75) is 66.0 Å². The molecule has 0 bridgehead atoms. The Hall–Kier alpha value is -0.830. The number of hydrogen-bond donors (Lipinski definition) is 1. The van der Waals surface area contributed by atoms with E-state index in [4.69, 9.17) is 5.73 Å². The summed E-state index contributed by atoms with van der Waals surface area (Å²) in [6, 6.07) is 2.60. The van der Waals surface area contributed by atoms with Crippen molar-refractivity contribution >= 4 is 0 Å². The van der Waals surface area contributed by atoms with Crippen LogP contribution in [0.1, 0.15) is 51.4 Å². The molecule has 3 atom stereocenters. The van der Waals surface area contributed by atoms with Crippen LogP contribution in [0, 0.1) is 24.7 Å². The molecule has 0 radical (unpaired) electrons. The second-order valence-corrected chi connectivity index (χ2v) is 6.54. The maximum absolute atomic E-state index is 6.36. The van der Waals surface area contributed by atoms with Crippen LogP contribution in [0.25, 0.3) is 0 Å². The average molecular weight is 263 g/mol. The minimum absolute atomic E-state index is 0.371. The number of aryl methyl sites for hydroxylation is 2. The zero-order chi connectivity index (χ0) is 14.0. The molecule has 3 nitrogen and oxygen atoms in total. The molecule has 1 aliphatic carbocycles. The molecule has 0 spiro atoms. The summed E-state index contributed by atoms with van der Waals surface area (Å²) in [6.07, 6.45) is 4.88. The van der Waals surface area contributed by atoms with Crippen molar-refractivity contribution in [3.63, 3.8) is 0 Å². The highest BCUT2D eigenvalue weighted by molar-refractivity contribution is 5.10. The van der Waals surface area contributed by atoms with Gasteiger partial charge in [0.25, 0.3) is 0 Å². The molecular weight excluding hydrogens is 234 g/mol. The van der Waals surface area contributed by atoms with E-state index in [0.717, 1.165) is 30.5 Å². The van der Waals surface area contributed by atoms with Crippen LogP contribution in [0.3, 0.4) is 0 Å². The SMILES string of the molecule is CCn1nc(C)cc1CC1CC(C(C)C)CCC1N. The third-order valence-corrected chi connectivity index (χ3v) is 4.78. The Labute approximate surface area is 117 Å². The lowest BCUT2D eigenvalue weighted by atomic mass is 9.72. The van der Waals surface area contributed by atoms with Crippen molar-refractivity contribution in [3.8, 4) is 0 Å². The molecule has 1 aromatic heterocycles. The summed E-state index contributed by atoms with van der Waals surface area (Å²) in [7, 11) is 0. The van der Waals surface area contributed by atoms with Gasteiger partial charge in [-0.25, -0.2) is 0 Å². The topological polar surface area (TPSA) is 43.8 Å². The molecule has 3 unspecified atom stereocenters. The molecule has 0 amide bonds. The van der Waals surface area contributed by atoms with Gasteiger partial charge in [0, 0.05) is 18.3 Å². The first-order valence-corrected chi connectivity index (χ1v) is 7.80. The van der Waals surface area contributed by atoms with Gasteiger partial charge in [0.05, 0.1) is 5.69 Å². The fourth-order valence-corrected chi connectivity index (χ4v) is 3.47. The van der Waals surface area contributed by atoms with Crippen LogP contribution < -0.4 is 5.73 Å². The van der Waals surface area contributed by atoms with Gasteiger partial charge in [0.2, 0.25) is 0 Å². The highest BCUT2D eigenvalue weighted by atomic mass is 15.3. The summed E-state index contributed by atoms with van der Waals surface area (Å²) in [5.74, 6) is 2.26. The highest BCUT2D eigenvalue weighted by Crippen LogP contribution is 2.34. The Balaban J connectivity index is 2.07. The summed E-state index contributed by atoms with van der Waals surface area (Å²) in [4.78, 5) is 0. The van der Waals surface area contributed by atoms with E-state index in [1.807, 2.05) is 0 Å². The van der Waals surface area contributed by atoms with E-state index in [1.54, 1.807) is 0 Å². The predicted molar refractivity (Wildman–Crippen MR) is 80.0 cm³/mol. The molecule has 19 heavy (non-hydrogen) atoms. The van der Waals surface area contributed by atoms with Crippen molar-refractivity contribution in [2.75, 3.05) is 0 Å². The van der Waals surface area contributed by atoms with Gasteiger partial charge in [-0.3, -0.25) is 4.68 Å². The molecule has 108 valence electrons. The van der Waals surface area contributed by atoms with Gasteiger partial charge in [-0.1, -0.05) is 13.8 Å². The Morgan fingerprint density at radius 2 is 2.16 bits per heavy atom. The molecule has 2 N–H and O–H groups in total. The van der Waals surface area contributed by atoms with Gasteiger partial charge in [0.15, 0.2) is 0 Å². The smallest absolute Gasteiger partial charge is 0.0596 e. The van der Waals surface area contributed by atoms with Crippen molar-refractivity contribution < 1.29 is 0 Å². The zero-order valence-corrected chi connectivity index (χ0v) is 12.9. The number of aromatic nitrogens is 2. The summed E-state index contributed by atoms with van der Waals surface area (Å²) >= 11 is 0. The second-order valence-electron chi connectivity index (χ2n) is 6.54. The van der Waals surface area contributed by atoms with E-state index < -0.39 is 0 Å². The van der Waals surface area contributed by atoms with Crippen LogP contribution in [-0.2, 0) is 13.0 Å². The number of nitrogens with zero attached hydrogens (tertiary/aromatic N) is 2. The Kier molecular flexibility index (Phi) is 4.67. The Morgan fingerprint density at radius 3 is 2.79 bits per heavy atom. The average Bonchev–Trinajstić information content (AvgIpc) is 2.72. The lowest BCUT2D eigenvalue weighted by molar-refractivity contribution is 0.187. The summed E-state index contributed by atoms with van der Waals surface area (Å²) in [5, 5.41) is 4.55. The molecule has 3 heteroatoms. The minimum atomic E-state index is 0.371. The van der Waals surface area contributed by atoms with E-state index in [9.17, 15) is 0 Å². The van der Waals surface area contributed by atoms with Crippen molar-refractivity contribution in [2.24, 2.45) is 23.5 Å². The zero-order valence-electron chi connectivity index (χ0n) is 12.9. The lowest BCUT2D eigenvalue weighted by Crippen LogP contribution is -2.38. The molecular formula is C16H29N3. The van der Waals surface area contributed by atoms with Gasteiger partial charge >= 0.3 is 0 Å². The van der Waals surface area contributed by atoms with Crippen LogP contribution >= 0.6 is 0 Å². The molecule has 1 saturated carbocycles.